The first-order valence-corrected chi connectivity index (χ1v) is 6.39. The fraction of sp³-hybridized carbons (Fsp3) is 0. The molecule has 0 saturated carbocycles. The first-order chi connectivity index (χ1) is 8.20. The summed E-state index contributed by atoms with van der Waals surface area (Å²) in [5.74, 6) is -0.944. The number of carbonyl (C=O) groups excluding carboxylic acids is 1. The summed E-state index contributed by atoms with van der Waals surface area (Å²) in [6.07, 6.45) is 0.790. The molecular weight excluding hydrogens is 256 g/mol. The third kappa shape index (κ3) is 2.75. The van der Waals surface area contributed by atoms with Gasteiger partial charge < -0.3 is 5.11 Å². The summed E-state index contributed by atoms with van der Waals surface area (Å²) >= 11 is 2.71. The lowest BCUT2D eigenvalue weighted by molar-refractivity contribution is 0.0693. The Morgan fingerprint density at radius 1 is 1.24 bits per heavy atom. The van der Waals surface area contributed by atoms with Gasteiger partial charge in [-0.25, -0.2) is 4.79 Å². The van der Waals surface area contributed by atoms with Crippen molar-refractivity contribution in [3.8, 4) is 0 Å². The summed E-state index contributed by atoms with van der Waals surface area (Å²) in [5, 5.41) is 9.03. The maximum absolute atomic E-state index is 11.0. The van der Waals surface area contributed by atoms with E-state index in [1.807, 2.05) is 6.07 Å². The Hall–Kier alpha value is -1.59. The molecule has 86 valence electrons. The van der Waals surface area contributed by atoms with Crippen molar-refractivity contribution in [1.29, 1.82) is 0 Å². The molecule has 1 aromatic carbocycles. The molecule has 17 heavy (non-hydrogen) atoms. The Morgan fingerprint density at radius 3 is 2.65 bits per heavy atom. The van der Waals surface area contributed by atoms with E-state index in [2.05, 4.69) is 0 Å². The number of carboxylic acid groups (broad SMARTS) is 1. The highest BCUT2D eigenvalue weighted by atomic mass is 32.2. The summed E-state index contributed by atoms with van der Waals surface area (Å²) in [4.78, 5) is 22.9. The Labute approximate surface area is 106 Å². The summed E-state index contributed by atoms with van der Waals surface area (Å²) in [7, 11) is 0. The van der Waals surface area contributed by atoms with Crippen LogP contribution in [0.5, 0.6) is 0 Å². The highest BCUT2D eigenvalue weighted by molar-refractivity contribution is 8.01. The van der Waals surface area contributed by atoms with Crippen molar-refractivity contribution in [3.63, 3.8) is 0 Å². The summed E-state index contributed by atoms with van der Waals surface area (Å²) in [6, 6.07) is 10.4. The maximum Gasteiger partial charge on any atom is 0.336 e. The van der Waals surface area contributed by atoms with Crippen LogP contribution in [0.15, 0.2) is 45.5 Å². The zero-order valence-corrected chi connectivity index (χ0v) is 10.3. The van der Waals surface area contributed by atoms with Gasteiger partial charge in [-0.3, -0.25) is 4.79 Å². The van der Waals surface area contributed by atoms with E-state index in [0.717, 1.165) is 10.5 Å². The largest absolute Gasteiger partial charge is 0.478 e. The van der Waals surface area contributed by atoms with Crippen LogP contribution in [0.2, 0.25) is 0 Å². The zero-order valence-electron chi connectivity index (χ0n) is 8.62. The number of rotatable bonds is 4. The van der Waals surface area contributed by atoms with E-state index in [1.54, 1.807) is 30.3 Å². The SMILES string of the molecule is O=Cc1ccc(Sc2ccccc2C(=O)O)s1. The van der Waals surface area contributed by atoms with Crippen molar-refractivity contribution < 1.29 is 14.7 Å². The molecule has 0 aliphatic heterocycles. The first kappa shape index (κ1) is 11.9. The van der Waals surface area contributed by atoms with Crippen LogP contribution in [0.4, 0.5) is 0 Å². The fourth-order valence-corrected chi connectivity index (χ4v) is 3.34. The van der Waals surface area contributed by atoms with Crippen LogP contribution in [-0.2, 0) is 0 Å². The van der Waals surface area contributed by atoms with E-state index in [1.165, 1.54) is 23.1 Å². The van der Waals surface area contributed by atoms with E-state index in [-0.39, 0.29) is 5.56 Å². The smallest absolute Gasteiger partial charge is 0.336 e. The van der Waals surface area contributed by atoms with Crippen LogP contribution >= 0.6 is 23.1 Å². The molecule has 3 nitrogen and oxygen atoms in total. The molecule has 0 spiro atoms. The Bertz CT molecular complexity index is 560. The number of aromatic carboxylic acids is 1. The molecule has 1 aromatic heterocycles. The number of hydrogen-bond donors (Lipinski definition) is 1. The number of benzene rings is 1. The van der Waals surface area contributed by atoms with Gasteiger partial charge in [0.25, 0.3) is 0 Å². The molecule has 0 atom stereocenters. The monoisotopic (exact) mass is 264 g/mol. The molecule has 0 unspecified atom stereocenters. The van der Waals surface area contributed by atoms with Gasteiger partial charge in [0.05, 0.1) is 14.6 Å². The third-order valence-electron chi connectivity index (χ3n) is 2.05. The normalized spacial score (nSPS) is 10.1. The van der Waals surface area contributed by atoms with E-state index >= 15 is 0 Å². The lowest BCUT2D eigenvalue weighted by atomic mass is 10.2. The van der Waals surface area contributed by atoms with Crippen molar-refractivity contribution in [3.05, 3.63) is 46.8 Å². The maximum atomic E-state index is 11.0. The molecule has 5 heteroatoms. The number of aldehydes is 1. The molecule has 0 bridgehead atoms. The number of hydrogen-bond acceptors (Lipinski definition) is 4. The van der Waals surface area contributed by atoms with Crippen molar-refractivity contribution in [2.24, 2.45) is 0 Å². The molecule has 0 radical (unpaired) electrons. The average molecular weight is 264 g/mol. The lowest BCUT2D eigenvalue weighted by Crippen LogP contribution is -1.97. The van der Waals surface area contributed by atoms with Crippen LogP contribution < -0.4 is 0 Å². The summed E-state index contributed by atoms with van der Waals surface area (Å²) in [6.45, 7) is 0. The molecule has 0 aliphatic rings. The van der Waals surface area contributed by atoms with Crippen LogP contribution in [0.25, 0.3) is 0 Å². The molecule has 0 aliphatic carbocycles. The predicted molar refractivity (Wildman–Crippen MR) is 67.2 cm³/mol. The number of carboxylic acids is 1. The Kier molecular flexibility index (Phi) is 3.61. The zero-order chi connectivity index (χ0) is 12.3. The molecule has 2 aromatic rings. The number of carbonyl (C=O) groups is 2. The quantitative estimate of drug-likeness (QED) is 0.860. The van der Waals surface area contributed by atoms with Gasteiger partial charge in [-0.2, -0.15) is 0 Å². The average Bonchev–Trinajstić information content (AvgIpc) is 2.77. The molecule has 1 N–H and O–H groups in total. The molecule has 1 heterocycles. The van der Waals surface area contributed by atoms with Crippen LogP contribution in [-0.4, -0.2) is 17.4 Å². The predicted octanol–water partition coefficient (Wildman–Crippen LogP) is 3.41. The van der Waals surface area contributed by atoms with Gasteiger partial charge in [0.15, 0.2) is 6.29 Å². The Balaban J connectivity index is 2.29. The minimum Gasteiger partial charge on any atom is -0.478 e. The number of thiophene rings is 1. The van der Waals surface area contributed by atoms with Crippen molar-refractivity contribution in [1.82, 2.24) is 0 Å². The molecular formula is C12H8O3S2. The van der Waals surface area contributed by atoms with Gasteiger partial charge in [0.1, 0.15) is 0 Å². The summed E-state index contributed by atoms with van der Waals surface area (Å²) < 4.78 is 0.904. The van der Waals surface area contributed by atoms with Crippen molar-refractivity contribution >= 4 is 35.4 Å². The van der Waals surface area contributed by atoms with Gasteiger partial charge in [-0.05, 0) is 24.3 Å². The van der Waals surface area contributed by atoms with Crippen LogP contribution in [0, 0.1) is 0 Å². The topological polar surface area (TPSA) is 54.4 Å². The minimum absolute atomic E-state index is 0.276. The van der Waals surface area contributed by atoms with E-state index < -0.39 is 5.97 Å². The van der Waals surface area contributed by atoms with Gasteiger partial charge >= 0.3 is 5.97 Å². The first-order valence-electron chi connectivity index (χ1n) is 4.76. The van der Waals surface area contributed by atoms with Gasteiger partial charge in [-0.1, -0.05) is 23.9 Å². The van der Waals surface area contributed by atoms with E-state index in [9.17, 15) is 9.59 Å². The fourth-order valence-electron chi connectivity index (χ4n) is 1.29. The van der Waals surface area contributed by atoms with Gasteiger partial charge in [-0.15, -0.1) is 11.3 Å². The van der Waals surface area contributed by atoms with E-state index in [0.29, 0.717) is 9.77 Å². The van der Waals surface area contributed by atoms with Crippen LogP contribution in [0.3, 0.4) is 0 Å². The van der Waals surface area contributed by atoms with Crippen LogP contribution in [0.1, 0.15) is 20.0 Å². The molecule has 0 fully saturated rings. The summed E-state index contributed by atoms with van der Waals surface area (Å²) in [5.41, 5.74) is 0.276. The molecule has 0 amide bonds. The highest BCUT2D eigenvalue weighted by Crippen LogP contribution is 2.34. The lowest BCUT2D eigenvalue weighted by Gasteiger charge is -2.02. The van der Waals surface area contributed by atoms with Gasteiger partial charge in [0.2, 0.25) is 0 Å². The third-order valence-corrected chi connectivity index (χ3v) is 4.26. The molecule has 2 rings (SSSR count). The second kappa shape index (κ2) is 5.16. The Morgan fingerprint density at radius 2 is 2.00 bits per heavy atom. The van der Waals surface area contributed by atoms with E-state index in [4.69, 9.17) is 5.11 Å². The second-order valence-electron chi connectivity index (χ2n) is 3.18. The second-order valence-corrected chi connectivity index (χ2v) is 5.64. The standard InChI is InChI=1S/C12H8O3S2/c13-7-8-5-6-11(16-8)17-10-4-2-1-3-9(10)12(14)15/h1-7H,(H,14,15). The minimum atomic E-state index is -0.944. The highest BCUT2D eigenvalue weighted by Gasteiger charge is 2.11. The molecule has 0 saturated heterocycles. The van der Waals surface area contributed by atoms with Crippen molar-refractivity contribution in [2.45, 2.75) is 9.10 Å². The van der Waals surface area contributed by atoms with Crippen molar-refractivity contribution in [2.75, 3.05) is 0 Å². The van der Waals surface area contributed by atoms with Gasteiger partial charge in [0, 0.05) is 4.90 Å².